The van der Waals surface area contributed by atoms with Crippen LogP contribution in [0.4, 0.5) is 14.4 Å². The van der Waals surface area contributed by atoms with Gasteiger partial charge in [-0.25, -0.2) is 14.4 Å². The van der Waals surface area contributed by atoms with Gasteiger partial charge in [-0.1, -0.05) is 0 Å². The van der Waals surface area contributed by atoms with Crippen LogP contribution < -0.4 is 0 Å². The van der Waals surface area contributed by atoms with Crippen LogP contribution in [0.25, 0.3) is 0 Å². The maximum atomic E-state index is 10.0. The Hall–Kier alpha value is -2.68. The van der Waals surface area contributed by atoms with E-state index in [1.54, 1.807) is 0 Å². The number of ether oxygens (including phenoxy) is 1. The zero-order valence-corrected chi connectivity index (χ0v) is 11.2. The number of hydrogen-bond acceptors (Lipinski definition) is 9. The van der Waals surface area contributed by atoms with Gasteiger partial charge in [0.05, 0.1) is 0 Å². The third-order valence-electron chi connectivity index (χ3n) is 1.61. The molecule has 0 aliphatic carbocycles. The molecule has 136 valence electrons. The summed E-state index contributed by atoms with van der Waals surface area (Å²) in [6.45, 7) is -0.779. The lowest BCUT2D eigenvalue weighted by atomic mass is 10.0. The zero-order valence-electron chi connectivity index (χ0n) is 11.2. The second-order valence-corrected chi connectivity index (χ2v) is 3.32. The largest absolute Gasteiger partial charge is 0.505 e. The first kappa shape index (κ1) is 25.3. The molecule has 0 aromatic carbocycles. The molecule has 0 rings (SSSR count). The van der Waals surface area contributed by atoms with E-state index in [1.165, 1.54) is 0 Å². The fourth-order valence-electron chi connectivity index (χ4n) is 0.765. The van der Waals surface area contributed by atoms with Gasteiger partial charge >= 0.3 is 18.5 Å². The van der Waals surface area contributed by atoms with E-state index in [4.69, 9.17) is 55.5 Å². The van der Waals surface area contributed by atoms with E-state index in [-0.39, 0.29) is 6.29 Å². The molecule has 0 amide bonds. The lowest BCUT2D eigenvalue weighted by Gasteiger charge is -2.23. The molecule has 0 aromatic heterocycles. The highest BCUT2D eigenvalue weighted by atomic mass is 16.7. The summed E-state index contributed by atoms with van der Waals surface area (Å²) in [5.74, 6) is 0. The predicted octanol–water partition coefficient (Wildman–Crippen LogP) is -2.23. The number of hydrogen-bond donors (Lipinski definition) is 9. The molecule has 0 radical (unpaired) electrons. The minimum Gasteiger partial charge on any atom is -0.450 e. The van der Waals surface area contributed by atoms with E-state index in [1.807, 2.05) is 0 Å². The minimum atomic E-state index is -1.91. The Kier molecular flexibility index (Phi) is 15.7. The maximum absolute atomic E-state index is 10.0. The van der Waals surface area contributed by atoms with Gasteiger partial charge in [-0.3, -0.25) is 0 Å². The van der Waals surface area contributed by atoms with Crippen LogP contribution in [0.3, 0.4) is 0 Å². The van der Waals surface area contributed by atoms with Gasteiger partial charge in [0.15, 0.2) is 6.29 Å². The van der Waals surface area contributed by atoms with Crippen molar-refractivity contribution in [2.75, 3.05) is 6.61 Å². The number of carboxylic acid groups (broad SMARTS) is 5. The molecule has 0 aromatic rings. The first-order valence-electron chi connectivity index (χ1n) is 5.23. The number of carbonyl (C=O) groups is 4. The van der Waals surface area contributed by atoms with E-state index < -0.39 is 49.5 Å². The van der Waals surface area contributed by atoms with E-state index in [0.717, 1.165) is 0 Å². The zero-order chi connectivity index (χ0) is 19.2. The second kappa shape index (κ2) is 14.3. The predicted molar refractivity (Wildman–Crippen MR) is 65.4 cm³/mol. The van der Waals surface area contributed by atoms with Crippen molar-refractivity contribution in [2.24, 2.45) is 0 Å². The van der Waals surface area contributed by atoms with Gasteiger partial charge in [-0.15, -0.1) is 0 Å². The first-order chi connectivity index (χ1) is 10.4. The van der Waals surface area contributed by atoms with Crippen molar-refractivity contribution in [3.05, 3.63) is 0 Å². The van der Waals surface area contributed by atoms with Crippen LogP contribution >= 0.6 is 0 Å². The normalized spacial score (nSPS) is 14.3. The van der Waals surface area contributed by atoms with Crippen LogP contribution in [0.2, 0.25) is 0 Å². The summed E-state index contributed by atoms with van der Waals surface area (Å²) in [6.07, 6.45) is -12.7. The lowest BCUT2D eigenvalue weighted by molar-refractivity contribution is -0.137. The van der Waals surface area contributed by atoms with Crippen molar-refractivity contribution >= 4 is 24.8 Å². The average Bonchev–Trinajstić information content (AvgIpc) is 2.40. The van der Waals surface area contributed by atoms with Gasteiger partial charge in [-0.2, -0.15) is 0 Å². The van der Waals surface area contributed by atoms with Crippen molar-refractivity contribution < 1.29 is 69.9 Å². The van der Waals surface area contributed by atoms with Gasteiger partial charge in [-0.05, 0) is 0 Å². The molecular formula is C9H16O14. The summed E-state index contributed by atoms with van der Waals surface area (Å²) < 4.78 is 3.91. The molecule has 9 N–H and O–H groups in total. The van der Waals surface area contributed by atoms with Crippen LogP contribution in [-0.4, -0.2) is 102 Å². The number of aldehydes is 1. The highest BCUT2D eigenvalue weighted by Gasteiger charge is 2.30. The smallest absolute Gasteiger partial charge is 0.450 e. The van der Waals surface area contributed by atoms with Crippen molar-refractivity contribution in [1.82, 2.24) is 0 Å². The fourth-order valence-corrected chi connectivity index (χ4v) is 0.765. The van der Waals surface area contributed by atoms with Gasteiger partial charge in [0.2, 0.25) is 0 Å². The Bertz CT molecular complexity index is 347. The Labute approximate surface area is 127 Å². The molecule has 0 unspecified atom stereocenters. The molecular weight excluding hydrogens is 332 g/mol. The number of carbonyl (C=O) groups excluding carboxylic acids is 1. The molecule has 0 saturated carbocycles. The van der Waals surface area contributed by atoms with Crippen LogP contribution in [0.5, 0.6) is 0 Å². The second-order valence-electron chi connectivity index (χ2n) is 3.32. The van der Waals surface area contributed by atoms with Crippen molar-refractivity contribution in [3.8, 4) is 0 Å². The molecule has 23 heavy (non-hydrogen) atoms. The minimum absolute atomic E-state index is 0.0291. The standard InChI is InChI=1S/C7H12O8.2CH2O3/c8-1-3(9)5(11)6(12)4(10)2-15-7(13)14;2*2-1(3)4/h1,3-6,9-12H,2H2,(H,13,14);2*(H2,2,3,4)/t3-,4+,5+,6+;;/m0../s1. The van der Waals surface area contributed by atoms with Crippen molar-refractivity contribution in [2.45, 2.75) is 24.4 Å². The van der Waals surface area contributed by atoms with E-state index >= 15 is 0 Å². The SMILES string of the molecule is O=C(O)O.O=C(O)O.O=C[C@H](O)[C@@H](O)[C@H](O)[C@H](O)COC(=O)O. The summed E-state index contributed by atoms with van der Waals surface area (Å²) >= 11 is 0. The highest BCUT2D eigenvalue weighted by molar-refractivity contribution is 5.57. The van der Waals surface area contributed by atoms with Crippen LogP contribution in [-0.2, 0) is 9.53 Å². The molecule has 14 nitrogen and oxygen atoms in total. The third kappa shape index (κ3) is 21.8. The Morgan fingerprint density at radius 3 is 1.43 bits per heavy atom. The van der Waals surface area contributed by atoms with E-state index in [2.05, 4.69) is 4.74 Å². The Balaban J connectivity index is -0.000000413. The summed E-state index contributed by atoms with van der Waals surface area (Å²) in [6, 6.07) is 0. The Morgan fingerprint density at radius 2 is 1.17 bits per heavy atom. The topological polar surface area (TPSA) is 260 Å². The summed E-state index contributed by atoms with van der Waals surface area (Å²) in [4.78, 5) is 37.0. The lowest BCUT2D eigenvalue weighted by Crippen LogP contribution is -2.46. The number of rotatable bonds is 6. The van der Waals surface area contributed by atoms with Gasteiger partial charge < -0.3 is 55.5 Å². The molecule has 0 saturated heterocycles. The fraction of sp³-hybridized carbons (Fsp3) is 0.556. The summed E-state index contributed by atoms with van der Waals surface area (Å²) in [7, 11) is 0. The molecule has 0 spiro atoms. The van der Waals surface area contributed by atoms with E-state index in [9.17, 15) is 9.59 Å². The monoisotopic (exact) mass is 348 g/mol. The number of aliphatic hydroxyl groups is 4. The number of aliphatic hydroxyl groups excluding tert-OH is 4. The van der Waals surface area contributed by atoms with E-state index in [0.29, 0.717) is 0 Å². The maximum Gasteiger partial charge on any atom is 0.505 e. The van der Waals surface area contributed by atoms with Crippen LogP contribution in [0.1, 0.15) is 0 Å². The molecule has 0 fully saturated rings. The van der Waals surface area contributed by atoms with Crippen LogP contribution in [0.15, 0.2) is 0 Å². The highest BCUT2D eigenvalue weighted by Crippen LogP contribution is 2.04. The van der Waals surface area contributed by atoms with Crippen molar-refractivity contribution in [1.29, 1.82) is 0 Å². The molecule has 0 aliphatic rings. The van der Waals surface area contributed by atoms with Crippen LogP contribution in [0, 0.1) is 0 Å². The molecule has 0 heterocycles. The van der Waals surface area contributed by atoms with Gasteiger partial charge in [0.25, 0.3) is 0 Å². The van der Waals surface area contributed by atoms with Gasteiger partial charge in [0, 0.05) is 0 Å². The summed E-state index contributed by atoms with van der Waals surface area (Å²) in [5.41, 5.74) is 0. The molecule has 4 atom stereocenters. The molecule has 0 aliphatic heterocycles. The molecule has 0 bridgehead atoms. The molecule has 14 heteroatoms. The average molecular weight is 348 g/mol. The summed E-state index contributed by atoms with van der Waals surface area (Å²) in [5, 5.41) is 71.9. The first-order valence-corrected chi connectivity index (χ1v) is 5.23. The van der Waals surface area contributed by atoms with Crippen molar-refractivity contribution in [3.63, 3.8) is 0 Å². The quantitative estimate of drug-likeness (QED) is 0.182. The van der Waals surface area contributed by atoms with Gasteiger partial charge in [0.1, 0.15) is 31.0 Å². The third-order valence-corrected chi connectivity index (χ3v) is 1.61. The Morgan fingerprint density at radius 1 is 0.826 bits per heavy atom.